The Kier molecular flexibility index (Phi) is 6.18. The van der Waals surface area contributed by atoms with Gasteiger partial charge in [-0.05, 0) is 56.2 Å². The summed E-state index contributed by atoms with van der Waals surface area (Å²) in [6, 6.07) is 8.18. The van der Waals surface area contributed by atoms with Crippen molar-refractivity contribution in [3.8, 4) is 5.75 Å². The minimum absolute atomic E-state index is 0.0653. The van der Waals surface area contributed by atoms with E-state index in [0.29, 0.717) is 43.3 Å². The smallest absolute Gasteiger partial charge is 0.295 e. The average Bonchev–Trinajstić information content (AvgIpc) is 3.49. The van der Waals surface area contributed by atoms with E-state index in [-0.39, 0.29) is 17.4 Å². The molecule has 1 aromatic heterocycles. The zero-order valence-electron chi connectivity index (χ0n) is 19.6. The molecule has 4 heterocycles. The summed E-state index contributed by atoms with van der Waals surface area (Å²) in [5.74, 6) is 0.454. The molecule has 1 amide bonds. The number of nitrogens with zero attached hydrogens (tertiary/aromatic N) is 2. The van der Waals surface area contributed by atoms with E-state index < -0.39 is 17.7 Å². The predicted molar refractivity (Wildman–Crippen MR) is 125 cm³/mol. The van der Waals surface area contributed by atoms with E-state index in [9.17, 15) is 14.7 Å². The summed E-state index contributed by atoms with van der Waals surface area (Å²) in [4.78, 5) is 30.1. The van der Waals surface area contributed by atoms with Gasteiger partial charge in [0.1, 0.15) is 35.2 Å². The van der Waals surface area contributed by atoms with E-state index in [2.05, 4.69) is 4.90 Å². The lowest BCUT2D eigenvalue weighted by Gasteiger charge is -2.28. The van der Waals surface area contributed by atoms with Crippen LogP contribution in [-0.4, -0.2) is 72.1 Å². The van der Waals surface area contributed by atoms with Crippen molar-refractivity contribution in [2.24, 2.45) is 0 Å². The second-order valence-corrected chi connectivity index (χ2v) is 9.20. The number of aliphatic hydroxyl groups is 1. The van der Waals surface area contributed by atoms with Crippen LogP contribution in [0.2, 0.25) is 0 Å². The van der Waals surface area contributed by atoms with Crippen LogP contribution in [0.15, 0.2) is 40.3 Å². The van der Waals surface area contributed by atoms with E-state index >= 15 is 0 Å². The number of benzene rings is 1. The third-order valence-electron chi connectivity index (χ3n) is 6.72. The zero-order valence-corrected chi connectivity index (χ0v) is 19.6. The number of carbonyl (C=O) groups is 2. The van der Waals surface area contributed by atoms with Crippen LogP contribution in [0, 0.1) is 6.92 Å². The normalized spacial score (nSPS) is 24.5. The summed E-state index contributed by atoms with van der Waals surface area (Å²) in [6.45, 7) is 8.14. The standard InChI is InChI=1S/C26H30N2O6/c1-16-4-6-21(33-16)23-22(24(29)18-5-7-20-19(15-18)14-17(2)34-20)25(30)26(31)28(23)9-3-8-27-10-12-32-13-11-27/h4-7,15,17,23,29H,3,8-14H2,1-2H3/t17-,23-/m1/s1. The van der Waals surface area contributed by atoms with Crippen LogP contribution in [-0.2, 0) is 20.7 Å². The minimum atomic E-state index is -0.762. The molecule has 3 aliphatic heterocycles. The fraction of sp³-hybridized carbons (Fsp3) is 0.462. The summed E-state index contributed by atoms with van der Waals surface area (Å²) >= 11 is 0. The quantitative estimate of drug-likeness (QED) is 0.397. The SMILES string of the molecule is Cc1ccc([C@@H]2C(=C(O)c3ccc4c(c3)C[C@@H](C)O4)C(=O)C(=O)N2CCCN2CCOCC2)o1. The summed E-state index contributed by atoms with van der Waals surface area (Å²) in [6.07, 6.45) is 1.50. The van der Waals surface area contributed by atoms with Gasteiger partial charge in [-0.3, -0.25) is 14.5 Å². The summed E-state index contributed by atoms with van der Waals surface area (Å²) in [5.41, 5.74) is 1.54. The minimum Gasteiger partial charge on any atom is -0.507 e. The number of ether oxygens (including phenoxy) is 2. The first-order valence-electron chi connectivity index (χ1n) is 11.9. The fourth-order valence-corrected chi connectivity index (χ4v) is 5.02. The zero-order chi connectivity index (χ0) is 23.8. The molecule has 34 heavy (non-hydrogen) atoms. The number of morpholine rings is 1. The predicted octanol–water partition coefficient (Wildman–Crippen LogP) is 3.06. The highest BCUT2D eigenvalue weighted by molar-refractivity contribution is 6.46. The average molecular weight is 467 g/mol. The van der Waals surface area contributed by atoms with Crippen LogP contribution in [0.25, 0.3) is 5.76 Å². The van der Waals surface area contributed by atoms with Crippen LogP contribution in [0.1, 0.15) is 42.0 Å². The molecule has 2 aromatic rings. The van der Waals surface area contributed by atoms with Crippen molar-refractivity contribution in [3.05, 3.63) is 58.6 Å². The van der Waals surface area contributed by atoms with E-state index in [4.69, 9.17) is 13.9 Å². The number of fused-ring (bicyclic) bond motifs is 1. The van der Waals surface area contributed by atoms with Gasteiger partial charge in [0.2, 0.25) is 0 Å². The Morgan fingerprint density at radius 1 is 1.12 bits per heavy atom. The molecule has 1 aromatic carbocycles. The van der Waals surface area contributed by atoms with Crippen molar-refractivity contribution >= 4 is 17.4 Å². The van der Waals surface area contributed by atoms with E-state index in [1.165, 1.54) is 4.90 Å². The molecule has 0 unspecified atom stereocenters. The first-order valence-corrected chi connectivity index (χ1v) is 11.9. The first kappa shape index (κ1) is 22.7. The Balaban J connectivity index is 1.46. The molecule has 180 valence electrons. The molecule has 1 N–H and O–H groups in total. The third kappa shape index (κ3) is 4.23. The van der Waals surface area contributed by atoms with Gasteiger partial charge in [0.25, 0.3) is 11.7 Å². The highest BCUT2D eigenvalue weighted by Gasteiger charge is 2.47. The molecule has 0 aliphatic carbocycles. The molecule has 0 radical (unpaired) electrons. The number of aliphatic hydroxyl groups excluding tert-OH is 1. The highest BCUT2D eigenvalue weighted by Crippen LogP contribution is 2.41. The summed E-state index contributed by atoms with van der Waals surface area (Å²) in [7, 11) is 0. The monoisotopic (exact) mass is 466 g/mol. The maximum Gasteiger partial charge on any atom is 0.295 e. The van der Waals surface area contributed by atoms with Gasteiger partial charge in [0.15, 0.2) is 0 Å². The second kappa shape index (κ2) is 9.27. The van der Waals surface area contributed by atoms with Crippen molar-refractivity contribution in [3.63, 3.8) is 0 Å². The lowest BCUT2D eigenvalue weighted by atomic mass is 9.97. The van der Waals surface area contributed by atoms with Crippen molar-refractivity contribution in [2.45, 2.75) is 38.8 Å². The topological polar surface area (TPSA) is 92.5 Å². The lowest BCUT2D eigenvalue weighted by Crippen LogP contribution is -2.38. The van der Waals surface area contributed by atoms with Crippen LogP contribution in [0.4, 0.5) is 0 Å². The molecule has 2 fully saturated rings. The number of likely N-dealkylation sites (tertiary alicyclic amines) is 1. The molecule has 0 spiro atoms. The van der Waals surface area contributed by atoms with Crippen molar-refractivity contribution in [2.75, 3.05) is 39.4 Å². The van der Waals surface area contributed by atoms with Gasteiger partial charge in [-0.15, -0.1) is 0 Å². The van der Waals surface area contributed by atoms with Crippen LogP contribution < -0.4 is 4.74 Å². The molecule has 0 bridgehead atoms. The van der Waals surface area contributed by atoms with Gasteiger partial charge in [-0.2, -0.15) is 0 Å². The van der Waals surface area contributed by atoms with Crippen LogP contribution in [0.3, 0.4) is 0 Å². The van der Waals surface area contributed by atoms with E-state index in [0.717, 1.165) is 37.4 Å². The van der Waals surface area contributed by atoms with Crippen molar-refractivity contribution in [1.82, 2.24) is 9.80 Å². The number of amides is 1. The number of hydrogen-bond donors (Lipinski definition) is 1. The van der Waals surface area contributed by atoms with E-state index in [1.54, 1.807) is 24.3 Å². The summed E-state index contributed by atoms with van der Waals surface area (Å²) in [5, 5.41) is 11.3. The Labute approximate surface area is 198 Å². The van der Waals surface area contributed by atoms with Crippen LogP contribution >= 0.6 is 0 Å². The first-order chi connectivity index (χ1) is 16.4. The van der Waals surface area contributed by atoms with Gasteiger partial charge in [-0.1, -0.05) is 0 Å². The summed E-state index contributed by atoms with van der Waals surface area (Å²) < 4.78 is 17.0. The maximum absolute atomic E-state index is 13.2. The van der Waals surface area contributed by atoms with Gasteiger partial charge in [-0.25, -0.2) is 0 Å². The largest absolute Gasteiger partial charge is 0.507 e. The Morgan fingerprint density at radius 2 is 1.91 bits per heavy atom. The number of ketones is 1. The molecule has 2 atom stereocenters. The fourth-order valence-electron chi connectivity index (χ4n) is 5.02. The van der Waals surface area contributed by atoms with Gasteiger partial charge < -0.3 is 23.9 Å². The number of Topliss-reactive ketones (excluding diaryl/α,β-unsaturated/α-hetero) is 1. The maximum atomic E-state index is 13.2. The number of hydrogen-bond acceptors (Lipinski definition) is 7. The molecule has 5 rings (SSSR count). The van der Waals surface area contributed by atoms with Crippen molar-refractivity contribution < 1.29 is 28.6 Å². The Bertz CT molecular complexity index is 1130. The number of carbonyl (C=O) groups excluding carboxylic acids is 2. The van der Waals surface area contributed by atoms with Gasteiger partial charge >= 0.3 is 0 Å². The molecule has 0 saturated carbocycles. The number of rotatable bonds is 6. The van der Waals surface area contributed by atoms with Gasteiger partial charge in [0, 0.05) is 38.2 Å². The highest BCUT2D eigenvalue weighted by atomic mass is 16.5. The molecule has 8 heteroatoms. The number of aryl methyl sites for hydroxylation is 1. The Morgan fingerprint density at radius 3 is 2.65 bits per heavy atom. The van der Waals surface area contributed by atoms with E-state index in [1.807, 2.05) is 19.9 Å². The second-order valence-electron chi connectivity index (χ2n) is 9.20. The molecular weight excluding hydrogens is 436 g/mol. The van der Waals surface area contributed by atoms with Gasteiger partial charge in [0.05, 0.1) is 18.8 Å². The van der Waals surface area contributed by atoms with Crippen molar-refractivity contribution in [1.29, 1.82) is 0 Å². The molecular formula is C26H30N2O6. The third-order valence-corrected chi connectivity index (χ3v) is 6.72. The molecule has 8 nitrogen and oxygen atoms in total. The molecule has 3 aliphatic rings. The lowest BCUT2D eigenvalue weighted by molar-refractivity contribution is -0.140. The van der Waals surface area contributed by atoms with Crippen LogP contribution in [0.5, 0.6) is 5.75 Å². The number of furan rings is 1. The Hall–Kier alpha value is -3.10. The molecule has 2 saturated heterocycles.